The van der Waals surface area contributed by atoms with Crippen molar-refractivity contribution in [2.45, 2.75) is 50.0 Å². The molecule has 0 aliphatic carbocycles. The zero-order chi connectivity index (χ0) is 18.4. The number of nitrogens with zero attached hydrogens (tertiary/aromatic N) is 4. The van der Waals surface area contributed by atoms with Gasteiger partial charge < -0.3 is 15.3 Å². The highest BCUT2D eigenvalue weighted by Gasteiger charge is 2.37. The Labute approximate surface area is 160 Å². The zero-order valence-corrected chi connectivity index (χ0v) is 16.2. The predicted molar refractivity (Wildman–Crippen MR) is 101 cm³/mol. The Kier molecular flexibility index (Phi) is 4.94. The normalized spacial score (nSPS) is 25.3. The second-order valence-corrected chi connectivity index (χ2v) is 8.25. The third-order valence-electron chi connectivity index (χ3n) is 5.08. The smallest absolute Gasteiger partial charge is 0.190 e. The van der Waals surface area contributed by atoms with Crippen LogP contribution in [0.2, 0.25) is 5.15 Å². The van der Waals surface area contributed by atoms with Crippen LogP contribution in [0.15, 0.2) is 5.16 Å². The van der Waals surface area contributed by atoms with Gasteiger partial charge in [0, 0.05) is 31.6 Å². The summed E-state index contributed by atoms with van der Waals surface area (Å²) in [5.41, 5.74) is 0.518. The van der Waals surface area contributed by atoms with Gasteiger partial charge in [-0.05, 0) is 12.2 Å². The fourth-order valence-electron chi connectivity index (χ4n) is 3.75. The summed E-state index contributed by atoms with van der Waals surface area (Å²) in [5.74, 6) is 0.786. The first-order valence-corrected chi connectivity index (χ1v) is 10.3. The Morgan fingerprint density at radius 1 is 1.35 bits per heavy atom. The van der Waals surface area contributed by atoms with E-state index >= 15 is 0 Å². The monoisotopic (exact) mass is 397 g/mol. The van der Waals surface area contributed by atoms with Gasteiger partial charge >= 0.3 is 0 Å². The van der Waals surface area contributed by atoms with Crippen LogP contribution in [0.4, 0.5) is 10.2 Å². The number of hydrogen-bond acceptors (Lipinski definition) is 7. The predicted octanol–water partition coefficient (Wildman–Crippen LogP) is 2.92. The van der Waals surface area contributed by atoms with Gasteiger partial charge in [-0.3, -0.25) is 0 Å². The van der Waals surface area contributed by atoms with Crippen LogP contribution < -0.4 is 10.2 Å². The number of fused-ring (bicyclic) bond motifs is 2. The summed E-state index contributed by atoms with van der Waals surface area (Å²) in [6.07, 6.45) is 0.633. The highest BCUT2D eigenvalue weighted by molar-refractivity contribution is 7.99. The Bertz CT molecular complexity index is 854. The second kappa shape index (κ2) is 7.07. The first-order valence-electron chi connectivity index (χ1n) is 8.90. The summed E-state index contributed by atoms with van der Waals surface area (Å²) in [7, 11) is 0. The van der Waals surface area contributed by atoms with Gasteiger partial charge in [0.2, 0.25) is 0 Å². The standard InChI is InChI=1S/C17H21ClFN5OS/c1-3-8-7-24-9(6-20-8)5-10(25)13-11-14(12(19)15(18)21-13)22-17(26-4-2)23-16(11)24/h8-10,20,25H,3-7H2,1-2H3/t8-,9-,10+/m1/s1. The molecule has 0 amide bonds. The van der Waals surface area contributed by atoms with Crippen molar-refractivity contribution in [1.82, 2.24) is 20.3 Å². The highest BCUT2D eigenvalue weighted by atomic mass is 35.5. The van der Waals surface area contributed by atoms with E-state index in [2.05, 4.69) is 27.1 Å². The van der Waals surface area contributed by atoms with E-state index in [4.69, 9.17) is 16.6 Å². The molecule has 2 aromatic heterocycles. The van der Waals surface area contributed by atoms with E-state index in [0.717, 1.165) is 25.3 Å². The molecule has 1 saturated heterocycles. The summed E-state index contributed by atoms with van der Waals surface area (Å²) >= 11 is 7.46. The SMILES string of the molecule is CCSc1nc2c3c(nc(Cl)c(F)c3n1)[C@@H](O)C[C@@H]1CN[C@H](CC)CN21. The third-order valence-corrected chi connectivity index (χ3v) is 6.06. The average Bonchev–Trinajstić information content (AvgIpc) is 2.75. The van der Waals surface area contributed by atoms with Crippen molar-refractivity contribution in [1.29, 1.82) is 0 Å². The first-order chi connectivity index (χ1) is 12.5. The Morgan fingerprint density at radius 3 is 2.88 bits per heavy atom. The Hall–Kier alpha value is -1.22. The summed E-state index contributed by atoms with van der Waals surface area (Å²) < 4.78 is 14.8. The Balaban J connectivity index is 1.99. The summed E-state index contributed by atoms with van der Waals surface area (Å²) in [6, 6.07) is 0.378. The summed E-state index contributed by atoms with van der Waals surface area (Å²) in [6.45, 7) is 5.62. The van der Waals surface area contributed by atoms with Crippen molar-refractivity contribution in [3.05, 3.63) is 16.7 Å². The molecule has 0 saturated carbocycles. The number of halogens is 2. The number of rotatable bonds is 3. The topological polar surface area (TPSA) is 74.2 Å². The Morgan fingerprint density at radius 2 is 2.15 bits per heavy atom. The van der Waals surface area contributed by atoms with E-state index in [0.29, 0.717) is 34.5 Å². The molecule has 3 atom stereocenters. The van der Waals surface area contributed by atoms with Gasteiger partial charge in [0.05, 0.1) is 17.2 Å². The molecule has 2 N–H and O–H groups in total. The number of thioether (sulfide) groups is 1. The van der Waals surface area contributed by atoms with Gasteiger partial charge in [0.25, 0.3) is 0 Å². The van der Waals surface area contributed by atoms with Gasteiger partial charge in [-0.25, -0.2) is 19.3 Å². The lowest BCUT2D eigenvalue weighted by atomic mass is 10.0. The number of aliphatic hydroxyl groups excluding tert-OH is 1. The molecule has 0 unspecified atom stereocenters. The number of pyridine rings is 1. The number of aliphatic hydroxyl groups is 1. The fourth-order valence-corrected chi connectivity index (χ4v) is 4.50. The van der Waals surface area contributed by atoms with Crippen molar-refractivity contribution in [3.63, 3.8) is 0 Å². The molecule has 2 aliphatic heterocycles. The maximum atomic E-state index is 14.8. The molecule has 2 aliphatic rings. The minimum absolute atomic E-state index is 0.0569. The maximum absolute atomic E-state index is 14.8. The minimum Gasteiger partial charge on any atom is -0.387 e. The molecule has 0 bridgehead atoms. The molecule has 1 fully saturated rings. The van der Waals surface area contributed by atoms with E-state index in [1.54, 1.807) is 0 Å². The van der Waals surface area contributed by atoms with Crippen molar-refractivity contribution in [2.24, 2.45) is 0 Å². The lowest BCUT2D eigenvalue weighted by molar-refractivity contribution is 0.149. The van der Waals surface area contributed by atoms with Gasteiger partial charge in [0.15, 0.2) is 16.1 Å². The fraction of sp³-hybridized carbons (Fsp3) is 0.588. The molecule has 140 valence electrons. The van der Waals surface area contributed by atoms with E-state index in [9.17, 15) is 9.50 Å². The van der Waals surface area contributed by atoms with Crippen LogP contribution in [-0.4, -0.2) is 51.0 Å². The van der Waals surface area contributed by atoms with Crippen LogP contribution in [0, 0.1) is 5.82 Å². The maximum Gasteiger partial charge on any atom is 0.190 e. The first kappa shape index (κ1) is 18.2. The second-order valence-electron chi connectivity index (χ2n) is 6.66. The van der Waals surface area contributed by atoms with Crippen molar-refractivity contribution >= 4 is 40.1 Å². The number of aromatic nitrogens is 3. The molecule has 0 radical (unpaired) electrons. The largest absolute Gasteiger partial charge is 0.387 e. The number of anilines is 1. The lowest BCUT2D eigenvalue weighted by Gasteiger charge is -2.40. The minimum atomic E-state index is -0.836. The molecular formula is C17H21ClFN5OS. The van der Waals surface area contributed by atoms with Crippen molar-refractivity contribution in [3.8, 4) is 0 Å². The quantitative estimate of drug-likeness (QED) is 0.468. The molecule has 0 spiro atoms. The van der Waals surface area contributed by atoms with Crippen LogP contribution in [0.5, 0.6) is 0 Å². The highest BCUT2D eigenvalue weighted by Crippen LogP contribution is 2.41. The van der Waals surface area contributed by atoms with Crippen LogP contribution in [0.3, 0.4) is 0 Å². The van der Waals surface area contributed by atoms with Gasteiger partial charge in [-0.1, -0.05) is 37.2 Å². The molecular weight excluding hydrogens is 377 g/mol. The van der Waals surface area contributed by atoms with Crippen molar-refractivity contribution < 1.29 is 9.50 Å². The molecule has 2 aromatic rings. The van der Waals surface area contributed by atoms with E-state index in [-0.39, 0.29) is 16.7 Å². The van der Waals surface area contributed by atoms with E-state index < -0.39 is 11.9 Å². The molecule has 6 nitrogen and oxygen atoms in total. The average molecular weight is 398 g/mol. The van der Waals surface area contributed by atoms with E-state index in [1.165, 1.54) is 11.8 Å². The summed E-state index contributed by atoms with van der Waals surface area (Å²) in [5, 5.41) is 15.0. The van der Waals surface area contributed by atoms with Gasteiger partial charge in [-0.15, -0.1) is 0 Å². The number of piperazine rings is 1. The molecule has 26 heavy (non-hydrogen) atoms. The van der Waals surface area contributed by atoms with Gasteiger partial charge in [0.1, 0.15) is 11.3 Å². The third kappa shape index (κ3) is 2.93. The lowest BCUT2D eigenvalue weighted by Crippen LogP contribution is -2.56. The van der Waals surface area contributed by atoms with Crippen LogP contribution in [0.25, 0.3) is 10.9 Å². The molecule has 9 heteroatoms. The zero-order valence-electron chi connectivity index (χ0n) is 14.7. The van der Waals surface area contributed by atoms with Crippen LogP contribution in [-0.2, 0) is 0 Å². The summed E-state index contributed by atoms with van der Waals surface area (Å²) in [4.78, 5) is 15.4. The molecule has 4 rings (SSSR count). The van der Waals surface area contributed by atoms with Crippen LogP contribution in [0.1, 0.15) is 38.5 Å². The van der Waals surface area contributed by atoms with Gasteiger partial charge in [-0.2, -0.15) is 0 Å². The van der Waals surface area contributed by atoms with Crippen LogP contribution >= 0.6 is 23.4 Å². The van der Waals surface area contributed by atoms with E-state index in [1.807, 2.05) is 6.92 Å². The number of hydrogen-bond donors (Lipinski definition) is 2. The molecule has 4 heterocycles. The molecule has 0 aromatic carbocycles. The van der Waals surface area contributed by atoms with Crippen molar-refractivity contribution in [2.75, 3.05) is 23.7 Å². The number of nitrogens with one attached hydrogen (secondary N) is 1.